The molecule has 6 aromatic carbocycles. The molecule has 228 valence electrons. The average Bonchev–Trinajstić information content (AvgIpc) is 3.70. The molecule has 1 N–H and O–H groups in total. The summed E-state index contributed by atoms with van der Waals surface area (Å²) >= 11 is 1.71. The van der Waals surface area contributed by atoms with Crippen LogP contribution in [0, 0.1) is 5.41 Å². The van der Waals surface area contributed by atoms with Gasteiger partial charge in [0.15, 0.2) is 11.7 Å². The fraction of sp³-hybridized carbons (Fsp3) is 0. The van der Waals surface area contributed by atoms with E-state index in [0.29, 0.717) is 11.6 Å². The quantitative estimate of drug-likeness (QED) is 0.110. The maximum absolute atomic E-state index is 8.96. The number of fused-ring (bicyclic) bond motifs is 5. The highest BCUT2D eigenvalue weighted by atomic mass is 32.1. The largest absolute Gasteiger partial charge is 0.456 e. The molecule has 0 aliphatic rings. The Balaban J connectivity index is 1.34. The lowest BCUT2D eigenvalue weighted by Crippen LogP contribution is -2.05. The maximum Gasteiger partial charge on any atom is 0.163 e. The summed E-state index contributed by atoms with van der Waals surface area (Å²) in [5.74, 6) is 1.26. The van der Waals surface area contributed by atoms with Gasteiger partial charge >= 0.3 is 0 Å². The smallest absolute Gasteiger partial charge is 0.163 e. The molecule has 48 heavy (non-hydrogen) atoms. The van der Waals surface area contributed by atoms with Gasteiger partial charge in [-0.05, 0) is 52.2 Å². The topological polar surface area (TPSA) is 61.7 Å². The molecular formula is C43H29N3OS. The number of furan rings is 1. The predicted octanol–water partition coefficient (Wildman–Crippen LogP) is 11.7. The Labute approximate surface area is 281 Å². The van der Waals surface area contributed by atoms with Gasteiger partial charge in [-0.2, -0.15) is 0 Å². The molecule has 0 radical (unpaired) electrons. The predicted molar refractivity (Wildman–Crippen MR) is 205 cm³/mol. The van der Waals surface area contributed by atoms with Crippen LogP contribution >= 0.6 is 11.3 Å². The Kier molecular flexibility index (Phi) is 7.65. The Bertz CT molecular complexity index is 2600. The van der Waals surface area contributed by atoms with Gasteiger partial charge in [-0.1, -0.05) is 128 Å². The number of allylic oxidation sites excluding steroid dienone is 2. The Morgan fingerprint density at radius 1 is 0.750 bits per heavy atom. The first-order chi connectivity index (χ1) is 23.7. The molecule has 0 fully saturated rings. The molecule has 0 saturated heterocycles. The lowest BCUT2D eigenvalue weighted by Gasteiger charge is -2.07. The number of thiophene rings is 1. The van der Waals surface area contributed by atoms with Crippen LogP contribution in [-0.2, 0) is 0 Å². The highest BCUT2D eigenvalue weighted by Crippen LogP contribution is 2.38. The summed E-state index contributed by atoms with van der Waals surface area (Å²) < 4.78 is 8.72. The van der Waals surface area contributed by atoms with Gasteiger partial charge in [-0.25, -0.2) is 9.98 Å². The zero-order chi connectivity index (χ0) is 32.5. The minimum absolute atomic E-state index is 0.140. The maximum atomic E-state index is 8.96. The first-order valence-electron chi connectivity index (χ1n) is 15.7. The fourth-order valence-corrected chi connectivity index (χ4v) is 7.38. The van der Waals surface area contributed by atoms with E-state index in [1.54, 1.807) is 17.4 Å². The van der Waals surface area contributed by atoms with Crippen LogP contribution in [0.25, 0.3) is 59.1 Å². The average molecular weight is 636 g/mol. The van der Waals surface area contributed by atoms with Crippen molar-refractivity contribution < 1.29 is 4.42 Å². The van der Waals surface area contributed by atoms with Crippen molar-refractivity contribution in [2.45, 2.75) is 0 Å². The van der Waals surface area contributed by atoms with Gasteiger partial charge < -0.3 is 4.42 Å². The third-order valence-electron chi connectivity index (χ3n) is 8.45. The van der Waals surface area contributed by atoms with Gasteiger partial charge in [0.1, 0.15) is 11.3 Å². The van der Waals surface area contributed by atoms with E-state index in [1.165, 1.54) is 20.9 Å². The number of aliphatic imine (C=N–C) groups is 2. The molecule has 0 unspecified atom stereocenters. The van der Waals surface area contributed by atoms with Crippen LogP contribution in [0.15, 0.2) is 167 Å². The van der Waals surface area contributed by atoms with Gasteiger partial charge in [0, 0.05) is 48.5 Å². The van der Waals surface area contributed by atoms with Crippen molar-refractivity contribution in [1.82, 2.24) is 0 Å². The lowest BCUT2D eigenvalue weighted by molar-refractivity contribution is 0.604. The number of amidine groups is 2. The third-order valence-corrected chi connectivity index (χ3v) is 9.67. The van der Waals surface area contributed by atoms with E-state index in [-0.39, 0.29) is 5.84 Å². The van der Waals surface area contributed by atoms with E-state index in [0.717, 1.165) is 48.9 Å². The summed E-state index contributed by atoms with van der Waals surface area (Å²) in [6, 6.07) is 45.2. The molecule has 0 bridgehead atoms. The minimum atomic E-state index is 0.140. The van der Waals surface area contributed by atoms with Crippen LogP contribution in [0.4, 0.5) is 0 Å². The molecule has 0 saturated carbocycles. The van der Waals surface area contributed by atoms with E-state index >= 15 is 0 Å². The van der Waals surface area contributed by atoms with Crippen LogP contribution in [0.5, 0.6) is 0 Å². The fourth-order valence-electron chi connectivity index (χ4n) is 6.17. The second-order valence-electron chi connectivity index (χ2n) is 11.4. The Morgan fingerprint density at radius 3 is 2.40 bits per heavy atom. The SMILES string of the molecule is C=C/C=C\c1oc2cccc(-c3ccc4ccccc4c3)c2c1/C=N/C(=N\C(=N)c1ccccc1)c1cccc2c1sc1ccccc12. The minimum Gasteiger partial charge on any atom is -0.456 e. The summed E-state index contributed by atoms with van der Waals surface area (Å²) in [7, 11) is 0. The third kappa shape index (κ3) is 5.36. The zero-order valence-electron chi connectivity index (χ0n) is 25.9. The number of hydrogen-bond donors (Lipinski definition) is 1. The van der Waals surface area contributed by atoms with Gasteiger partial charge in [0.2, 0.25) is 0 Å². The molecular weight excluding hydrogens is 607 g/mol. The second-order valence-corrected chi connectivity index (χ2v) is 12.5. The standard InChI is InChI=1S/C43H29N3OS/c1-2-3-21-37-36(40-32(18-12-22-38(40)47-37)31-25-24-28-13-7-8-16-30(28)26-31)27-45-43(46-42(44)29-14-5-4-6-15-29)35-20-11-19-34-33-17-9-10-23-39(33)48-41(34)35/h2-27,44H,1H2/b21-3-,44-42?,45-27+,46-43-. The molecule has 0 aliphatic carbocycles. The van der Waals surface area contributed by atoms with Crippen molar-refractivity contribution in [3.8, 4) is 11.1 Å². The van der Waals surface area contributed by atoms with Crippen LogP contribution in [0.3, 0.4) is 0 Å². The first kappa shape index (κ1) is 29.2. The Morgan fingerprint density at radius 2 is 1.52 bits per heavy atom. The van der Waals surface area contributed by atoms with Crippen LogP contribution in [0.1, 0.15) is 22.5 Å². The van der Waals surface area contributed by atoms with Crippen molar-refractivity contribution in [2.24, 2.45) is 9.98 Å². The van der Waals surface area contributed by atoms with Gasteiger partial charge in [0.05, 0.1) is 0 Å². The van der Waals surface area contributed by atoms with Gasteiger partial charge in [-0.15, -0.1) is 11.3 Å². The van der Waals surface area contributed by atoms with E-state index in [9.17, 15) is 0 Å². The van der Waals surface area contributed by atoms with Crippen molar-refractivity contribution in [2.75, 3.05) is 0 Å². The number of nitrogens with one attached hydrogen (secondary N) is 1. The lowest BCUT2D eigenvalue weighted by atomic mass is 9.96. The second kappa shape index (κ2) is 12.6. The Hall–Kier alpha value is -6.17. The number of rotatable bonds is 6. The summed E-state index contributed by atoms with van der Waals surface area (Å²) in [5.41, 5.74) is 5.31. The molecule has 0 spiro atoms. The highest BCUT2D eigenvalue weighted by Gasteiger charge is 2.18. The molecule has 0 aliphatic heterocycles. The molecule has 2 aromatic heterocycles. The monoisotopic (exact) mass is 635 g/mol. The summed E-state index contributed by atoms with van der Waals surface area (Å²) in [6.07, 6.45) is 7.34. The van der Waals surface area contributed by atoms with E-state index in [1.807, 2.05) is 73.0 Å². The van der Waals surface area contributed by atoms with Crippen LogP contribution < -0.4 is 0 Å². The first-order valence-corrected chi connectivity index (χ1v) is 16.5. The van der Waals surface area contributed by atoms with Crippen molar-refractivity contribution in [3.63, 3.8) is 0 Å². The molecule has 2 heterocycles. The number of hydrogen-bond acceptors (Lipinski definition) is 3. The molecule has 4 nitrogen and oxygen atoms in total. The summed E-state index contributed by atoms with van der Waals surface area (Å²) in [4.78, 5) is 9.96. The van der Waals surface area contributed by atoms with E-state index < -0.39 is 0 Å². The molecule has 0 amide bonds. The van der Waals surface area contributed by atoms with Gasteiger partial charge in [0.25, 0.3) is 0 Å². The van der Waals surface area contributed by atoms with Gasteiger partial charge in [-0.3, -0.25) is 5.41 Å². The van der Waals surface area contributed by atoms with E-state index in [2.05, 4.69) is 85.4 Å². The zero-order valence-corrected chi connectivity index (χ0v) is 26.7. The molecule has 5 heteroatoms. The normalized spacial score (nSPS) is 12.3. The van der Waals surface area contributed by atoms with Crippen molar-refractivity contribution in [3.05, 3.63) is 175 Å². The summed E-state index contributed by atoms with van der Waals surface area (Å²) in [5, 5.41) is 14.6. The summed E-state index contributed by atoms with van der Waals surface area (Å²) in [6.45, 7) is 3.87. The van der Waals surface area contributed by atoms with Crippen LogP contribution in [0.2, 0.25) is 0 Å². The number of nitrogens with zero attached hydrogens (tertiary/aromatic N) is 2. The molecule has 0 atom stereocenters. The molecule has 8 aromatic rings. The van der Waals surface area contributed by atoms with Crippen molar-refractivity contribution >= 4 is 77.2 Å². The number of benzene rings is 6. The van der Waals surface area contributed by atoms with E-state index in [4.69, 9.17) is 19.8 Å². The van der Waals surface area contributed by atoms with Crippen molar-refractivity contribution in [1.29, 1.82) is 5.41 Å². The van der Waals surface area contributed by atoms with Crippen LogP contribution in [-0.4, -0.2) is 17.9 Å². The molecule has 8 rings (SSSR count). The highest BCUT2D eigenvalue weighted by molar-refractivity contribution is 7.26.